The summed E-state index contributed by atoms with van der Waals surface area (Å²) in [5, 5.41) is 0. The molecule has 0 aliphatic carbocycles. The van der Waals surface area contributed by atoms with Gasteiger partial charge in [-0.1, -0.05) is 11.6 Å². The van der Waals surface area contributed by atoms with Gasteiger partial charge in [0.05, 0.1) is 5.69 Å². The number of aromatic nitrogens is 2. The highest BCUT2D eigenvalue weighted by atomic mass is 19.1. The number of ether oxygens (including phenoxy) is 1. The zero-order chi connectivity index (χ0) is 13.8. The van der Waals surface area contributed by atoms with Crippen molar-refractivity contribution in [2.45, 2.75) is 20.5 Å². The maximum Gasteiger partial charge on any atom is 0.157 e. The third-order valence-corrected chi connectivity index (χ3v) is 2.63. The summed E-state index contributed by atoms with van der Waals surface area (Å²) in [6.07, 6.45) is 0. The van der Waals surface area contributed by atoms with Gasteiger partial charge in [0.2, 0.25) is 0 Å². The fraction of sp³-hybridized carbons (Fsp3) is 0.286. The molecule has 19 heavy (non-hydrogen) atoms. The molecule has 0 saturated heterocycles. The Morgan fingerprint density at radius 3 is 2.79 bits per heavy atom. The Balaban J connectivity index is 2.43. The molecule has 0 fully saturated rings. The molecule has 2 N–H and O–H groups in total. The lowest BCUT2D eigenvalue weighted by atomic mass is 10.1. The van der Waals surface area contributed by atoms with E-state index in [0.29, 0.717) is 29.5 Å². The number of rotatable bonds is 4. The highest BCUT2D eigenvalue weighted by Gasteiger charge is 2.10. The van der Waals surface area contributed by atoms with Crippen LogP contribution in [0.1, 0.15) is 18.3 Å². The molecule has 2 rings (SSSR count). The van der Waals surface area contributed by atoms with Crippen LogP contribution in [-0.2, 0) is 11.3 Å². The number of nitrogens with zero attached hydrogens (tertiary/aromatic N) is 2. The van der Waals surface area contributed by atoms with E-state index in [4.69, 9.17) is 10.5 Å². The molecule has 1 heterocycles. The molecule has 1 aromatic carbocycles. The van der Waals surface area contributed by atoms with Crippen molar-refractivity contribution in [3.8, 4) is 11.3 Å². The Hall–Kier alpha value is -2.01. The standard InChI is InChI=1S/C14H16FN3O/c1-3-19-8-14-17-12(7-13(16)18-14)10-6-9(2)4-5-11(10)15/h4-7H,3,8H2,1-2H3,(H2,16,17,18). The van der Waals surface area contributed by atoms with Crippen molar-refractivity contribution in [2.24, 2.45) is 0 Å². The molecule has 0 unspecified atom stereocenters. The summed E-state index contributed by atoms with van der Waals surface area (Å²) in [5.41, 5.74) is 7.58. The van der Waals surface area contributed by atoms with Crippen molar-refractivity contribution in [3.63, 3.8) is 0 Å². The molecule has 0 radical (unpaired) electrons. The van der Waals surface area contributed by atoms with Crippen LogP contribution in [-0.4, -0.2) is 16.6 Å². The van der Waals surface area contributed by atoms with Crippen LogP contribution < -0.4 is 5.73 Å². The second kappa shape index (κ2) is 5.75. The van der Waals surface area contributed by atoms with Gasteiger partial charge in [0.1, 0.15) is 18.2 Å². The van der Waals surface area contributed by atoms with Crippen molar-refractivity contribution in [3.05, 3.63) is 41.5 Å². The van der Waals surface area contributed by atoms with Gasteiger partial charge in [0.15, 0.2) is 5.82 Å². The fourth-order valence-corrected chi connectivity index (χ4v) is 1.75. The topological polar surface area (TPSA) is 61.0 Å². The first-order valence-electron chi connectivity index (χ1n) is 6.08. The van der Waals surface area contributed by atoms with Gasteiger partial charge in [-0.05, 0) is 26.0 Å². The predicted octanol–water partition coefficient (Wildman–Crippen LogP) is 2.71. The number of halogens is 1. The number of nitrogen functional groups attached to an aromatic ring is 1. The van der Waals surface area contributed by atoms with Gasteiger partial charge < -0.3 is 10.5 Å². The van der Waals surface area contributed by atoms with Crippen molar-refractivity contribution < 1.29 is 9.13 Å². The number of nitrogens with two attached hydrogens (primary N) is 1. The minimum atomic E-state index is -0.328. The molecule has 0 aliphatic heterocycles. The third-order valence-electron chi connectivity index (χ3n) is 2.63. The summed E-state index contributed by atoms with van der Waals surface area (Å²) < 4.78 is 19.1. The van der Waals surface area contributed by atoms with Crippen LogP contribution in [0.4, 0.5) is 10.2 Å². The molecular weight excluding hydrogens is 245 g/mol. The summed E-state index contributed by atoms with van der Waals surface area (Å²) in [6, 6.07) is 6.44. The Bertz CT molecular complexity index is 587. The van der Waals surface area contributed by atoms with Crippen molar-refractivity contribution in [1.82, 2.24) is 9.97 Å². The normalized spacial score (nSPS) is 10.7. The largest absolute Gasteiger partial charge is 0.384 e. The highest BCUT2D eigenvalue weighted by Crippen LogP contribution is 2.23. The van der Waals surface area contributed by atoms with Gasteiger partial charge in [-0.2, -0.15) is 0 Å². The second-order valence-electron chi connectivity index (χ2n) is 4.21. The van der Waals surface area contributed by atoms with E-state index in [1.165, 1.54) is 6.07 Å². The Morgan fingerprint density at radius 2 is 2.05 bits per heavy atom. The number of hydrogen-bond acceptors (Lipinski definition) is 4. The molecule has 0 atom stereocenters. The zero-order valence-corrected chi connectivity index (χ0v) is 11.0. The van der Waals surface area contributed by atoms with E-state index < -0.39 is 0 Å². The molecule has 0 bridgehead atoms. The predicted molar refractivity (Wildman–Crippen MR) is 71.9 cm³/mol. The Kier molecular flexibility index (Phi) is 4.06. The monoisotopic (exact) mass is 261 g/mol. The summed E-state index contributed by atoms with van der Waals surface area (Å²) in [4.78, 5) is 8.36. The molecule has 100 valence electrons. The van der Waals surface area contributed by atoms with Crippen molar-refractivity contribution in [1.29, 1.82) is 0 Å². The first-order valence-corrected chi connectivity index (χ1v) is 6.08. The first-order chi connectivity index (χ1) is 9.10. The quantitative estimate of drug-likeness (QED) is 0.919. The van der Waals surface area contributed by atoms with Gasteiger partial charge in [0, 0.05) is 18.2 Å². The van der Waals surface area contributed by atoms with E-state index in [2.05, 4.69) is 9.97 Å². The molecule has 0 spiro atoms. The van der Waals surface area contributed by atoms with Crippen LogP contribution in [0.3, 0.4) is 0 Å². The molecule has 0 amide bonds. The Labute approximate surface area is 111 Å². The van der Waals surface area contributed by atoms with Crippen LogP contribution >= 0.6 is 0 Å². The fourth-order valence-electron chi connectivity index (χ4n) is 1.75. The summed E-state index contributed by atoms with van der Waals surface area (Å²) in [6.45, 7) is 4.61. The van der Waals surface area contributed by atoms with Crippen LogP contribution in [0.25, 0.3) is 11.3 Å². The van der Waals surface area contributed by atoms with Crippen LogP contribution in [0, 0.1) is 12.7 Å². The number of benzene rings is 1. The molecule has 1 aromatic heterocycles. The minimum Gasteiger partial charge on any atom is -0.384 e. The van der Waals surface area contributed by atoms with Crippen molar-refractivity contribution >= 4 is 5.82 Å². The van der Waals surface area contributed by atoms with Crippen LogP contribution in [0.5, 0.6) is 0 Å². The van der Waals surface area contributed by atoms with Gasteiger partial charge >= 0.3 is 0 Å². The van der Waals surface area contributed by atoms with Crippen molar-refractivity contribution in [2.75, 3.05) is 12.3 Å². The zero-order valence-electron chi connectivity index (χ0n) is 11.0. The Morgan fingerprint density at radius 1 is 1.26 bits per heavy atom. The van der Waals surface area contributed by atoms with E-state index in [1.54, 1.807) is 18.2 Å². The average molecular weight is 261 g/mol. The van der Waals surface area contributed by atoms with E-state index in [-0.39, 0.29) is 12.4 Å². The average Bonchev–Trinajstić information content (AvgIpc) is 2.38. The third kappa shape index (κ3) is 3.26. The first kappa shape index (κ1) is 13.4. The SMILES string of the molecule is CCOCc1nc(N)cc(-c2cc(C)ccc2F)n1. The maximum absolute atomic E-state index is 13.8. The molecule has 2 aromatic rings. The van der Waals surface area contributed by atoms with E-state index >= 15 is 0 Å². The van der Waals surface area contributed by atoms with Gasteiger partial charge in [-0.25, -0.2) is 14.4 Å². The molecular formula is C14H16FN3O. The summed E-state index contributed by atoms with van der Waals surface area (Å²) in [5.74, 6) is 0.435. The number of hydrogen-bond donors (Lipinski definition) is 1. The number of aryl methyl sites for hydroxylation is 1. The van der Waals surface area contributed by atoms with Crippen LogP contribution in [0.2, 0.25) is 0 Å². The lowest BCUT2D eigenvalue weighted by molar-refractivity contribution is 0.128. The number of anilines is 1. The minimum absolute atomic E-state index is 0.266. The molecule has 0 saturated carbocycles. The lowest BCUT2D eigenvalue weighted by Gasteiger charge is -2.07. The van der Waals surface area contributed by atoms with Crippen LogP contribution in [0.15, 0.2) is 24.3 Å². The van der Waals surface area contributed by atoms with Gasteiger partial charge in [0.25, 0.3) is 0 Å². The smallest absolute Gasteiger partial charge is 0.157 e. The van der Waals surface area contributed by atoms with E-state index in [0.717, 1.165) is 5.56 Å². The lowest BCUT2D eigenvalue weighted by Crippen LogP contribution is -2.04. The second-order valence-corrected chi connectivity index (χ2v) is 4.21. The molecule has 5 heteroatoms. The van der Waals surface area contributed by atoms with E-state index in [1.807, 2.05) is 13.8 Å². The van der Waals surface area contributed by atoms with E-state index in [9.17, 15) is 4.39 Å². The summed E-state index contributed by atoms with van der Waals surface area (Å²) in [7, 11) is 0. The highest BCUT2D eigenvalue weighted by molar-refractivity contribution is 5.63. The van der Waals surface area contributed by atoms with Gasteiger partial charge in [-0.3, -0.25) is 0 Å². The maximum atomic E-state index is 13.8. The molecule has 0 aliphatic rings. The molecule has 4 nitrogen and oxygen atoms in total. The summed E-state index contributed by atoms with van der Waals surface area (Å²) >= 11 is 0. The van der Waals surface area contributed by atoms with Gasteiger partial charge in [-0.15, -0.1) is 0 Å².